The van der Waals surface area contributed by atoms with Crippen molar-refractivity contribution in [2.75, 3.05) is 7.11 Å². The summed E-state index contributed by atoms with van der Waals surface area (Å²) in [6, 6.07) is 0. The van der Waals surface area contributed by atoms with Crippen LogP contribution in [0.4, 0.5) is 0 Å². The highest BCUT2D eigenvalue weighted by molar-refractivity contribution is 5.88. The van der Waals surface area contributed by atoms with Crippen LogP contribution in [0.15, 0.2) is 23.3 Å². The van der Waals surface area contributed by atoms with Gasteiger partial charge in [-0.3, -0.25) is 0 Å². The van der Waals surface area contributed by atoms with Crippen molar-refractivity contribution in [2.45, 2.75) is 53.4 Å². The van der Waals surface area contributed by atoms with E-state index in [1.807, 2.05) is 13.0 Å². The number of carbonyl (C=O) groups is 1. The molecular weight excluding hydrogens is 212 g/mol. The van der Waals surface area contributed by atoms with E-state index < -0.39 is 0 Å². The highest BCUT2D eigenvalue weighted by Crippen LogP contribution is 2.18. The molecule has 0 aliphatic carbocycles. The summed E-state index contributed by atoms with van der Waals surface area (Å²) in [6.07, 6.45) is 8.31. The highest BCUT2D eigenvalue weighted by Gasteiger charge is 2.10. The molecule has 0 fully saturated rings. The fourth-order valence-electron chi connectivity index (χ4n) is 1.70. The number of hydrogen-bond acceptors (Lipinski definition) is 2. The van der Waals surface area contributed by atoms with Gasteiger partial charge in [0, 0.05) is 5.57 Å². The van der Waals surface area contributed by atoms with Gasteiger partial charge in [-0.1, -0.05) is 24.6 Å². The first-order valence-corrected chi connectivity index (χ1v) is 6.38. The zero-order valence-electron chi connectivity index (χ0n) is 11.9. The zero-order chi connectivity index (χ0) is 13.3. The Hall–Kier alpha value is -1.05. The molecule has 0 saturated heterocycles. The number of methoxy groups -OCH3 is 1. The van der Waals surface area contributed by atoms with E-state index >= 15 is 0 Å². The SMILES string of the molecule is CC=C(CCC(C)CCC=C(C)C)C(=O)OC. The van der Waals surface area contributed by atoms with Gasteiger partial charge in [0.15, 0.2) is 0 Å². The quantitative estimate of drug-likeness (QED) is 0.376. The fraction of sp³-hybridized carbons (Fsp3) is 0.667. The number of allylic oxidation sites excluding steroid dienone is 3. The third kappa shape index (κ3) is 7.78. The zero-order valence-corrected chi connectivity index (χ0v) is 11.9. The Balaban J connectivity index is 3.94. The molecule has 1 atom stereocenters. The molecule has 0 aliphatic rings. The summed E-state index contributed by atoms with van der Waals surface area (Å²) in [6.45, 7) is 8.38. The van der Waals surface area contributed by atoms with E-state index in [-0.39, 0.29) is 5.97 Å². The molecule has 0 amide bonds. The fourth-order valence-corrected chi connectivity index (χ4v) is 1.70. The standard InChI is InChI=1S/C15H26O2/c1-6-14(15(16)17-5)11-10-13(4)9-7-8-12(2)3/h6,8,13H,7,9-11H2,1-5H3. The average molecular weight is 238 g/mol. The normalized spacial score (nSPS) is 13.1. The second-order valence-electron chi connectivity index (χ2n) is 4.81. The summed E-state index contributed by atoms with van der Waals surface area (Å²) in [4.78, 5) is 11.4. The molecule has 0 aromatic heterocycles. The Morgan fingerprint density at radius 1 is 1.29 bits per heavy atom. The van der Waals surface area contributed by atoms with Gasteiger partial charge in [-0.05, 0) is 52.4 Å². The average Bonchev–Trinajstić information content (AvgIpc) is 2.28. The smallest absolute Gasteiger partial charge is 0.333 e. The summed E-state index contributed by atoms with van der Waals surface area (Å²) in [5, 5.41) is 0. The molecular formula is C15H26O2. The molecule has 98 valence electrons. The van der Waals surface area contributed by atoms with Crippen molar-refractivity contribution in [2.24, 2.45) is 5.92 Å². The van der Waals surface area contributed by atoms with Crippen molar-refractivity contribution in [3.8, 4) is 0 Å². The molecule has 0 bridgehead atoms. The van der Waals surface area contributed by atoms with E-state index in [1.165, 1.54) is 19.1 Å². The van der Waals surface area contributed by atoms with Crippen molar-refractivity contribution >= 4 is 5.97 Å². The van der Waals surface area contributed by atoms with Crippen LogP contribution in [0.5, 0.6) is 0 Å². The van der Waals surface area contributed by atoms with Crippen LogP contribution in [-0.2, 0) is 9.53 Å². The van der Waals surface area contributed by atoms with Gasteiger partial charge in [0.05, 0.1) is 7.11 Å². The van der Waals surface area contributed by atoms with E-state index in [9.17, 15) is 4.79 Å². The maximum atomic E-state index is 11.4. The van der Waals surface area contributed by atoms with Crippen LogP contribution in [0.3, 0.4) is 0 Å². The van der Waals surface area contributed by atoms with Crippen LogP contribution in [0.2, 0.25) is 0 Å². The lowest BCUT2D eigenvalue weighted by Crippen LogP contribution is -2.06. The lowest BCUT2D eigenvalue weighted by atomic mass is 9.96. The maximum absolute atomic E-state index is 11.4. The molecule has 0 saturated carbocycles. The van der Waals surface area contributed by atoms with Gasteiger partial charge in [-0.15, -0.1) is 0 Å². The Bertz CT molecular complexity index is 283. The first-order chi connectivity index (χ1) is 8.01. The number of esters is 1. The van der Waals surface area contributed by atoms with Gasteiger partial charge < -0.3 is 4.74 Å². The number of ether oxygens (including phenoxy) is 1. The Morgan fingerprint density at radius 3 is 2.41 bits per heavy atom. The molecule has 0 radical (unpaired) electrons. The molecule has 0 aromatic carbocycles. The summed E-state index contributed by atoms with van der Waals surface area (Å²) >= 11 is 0. The van der Waals surface area contributed by atoms with Crippen LogP contribution in [0.25, 0.3) is 0 Å². The molecule has 17 heavy (non-hydrogen) atoms. The minimum absolute atomic E-state index is 0.191. The maximum Gasteiger partial charge on any atom is 0.333 e. The largest absolute Gasteiger partial charge is 0.466 e. The van der Waals surface area contributed by atoms with Crippen LogP contribution in [0.1, 0.15) is 53.4 Å². The van der Waals surface area contributed by atoms with Crippen LogP contribution in [0, 0.1) is 5.92 Å². The molecule has 0 spiro atoms. The number of rotatable bonds is 7. The lowest BCUT2D eigenvalue weighted by Gasteiger charge is -2.11. The van der Waals surface area contributed by atoms with Crippen molar-refractivity contribution in [3.63, 3.8) is 0 Å². The predicted octanol–water partition coefficient (Wildman–Crippen LogP) is 4.27. The molecule has 2 heteroatoms. The molecule has 0 N–H and O–H groups in total. The third-order valence-electron chi connectivity index (χ3n) is 2.91. The van der Waals surface area contributed by atoms with Crippen molar-refractivity contribution in [1.82, 2.24) is 0 Å². The first kappa shape index (κ1) is 16.0. The van der Waals surface area contributed by atoms with Crippen LogP contribution >= 0.6 is 0 Å². The molecule has 0 aromatic rings. The monoisotopic (exact) mass is 238 g/mol. The van der Waals surface area contributed by atoms with Gasteiger partial charge in [0.2, 0.25) is 0 Å². The predicted molar refractivity (Wildman–Crippen MR) is 72.8 cm³/mol. The van der Waals surface area contributed by atoms with Gasteiger partial charge in [0.1, 0.15) is 0 Å². The van der Waals surface area contributed by atoms with Crippen molar-refractivity contribution in [3.05, 3.63) is 23.3 Å². The van der Waals surface area contributed by atoms with E-state index in [0.29, 0.717) is 5.92 Å². The minimum Gasteiger partial charge on any atom is -0.466 e. The molecule has 2 nitrogen and oxygen atoms in total. The molecule has 0 rings (SSSR count). The number of carbonyl (C=O) groups excluding carboxylic acids is 1. The van der Waals surface area contributed by atoms with Crippen molar-refractivity contribution in [1.29, 1.82) is 0 Å². The summed E-state index contributed by atoms with van der Waals surface area (Å²) in [5.41, 5.74) is 2.17. The topological polar surface area (TPSA) is 26.3 Å². The van der Waals surface area contributed by atoms with E-state index in [1.54, 1.807) is 0 Å². The number of hydrogen-bond donors (Lipinski definition) is 0. The second kappa shape index (κ2) is 9.03. The Labute approximate surface area is 106 Å². The second-order valence-corrected chi connectivity index (χ2v) is 4.81. The lowest BCUT2D eigenvalue weighted by molar-refractivity contribution is -0.136. The van der Waals surface area contributed by atoms with E-state index in [4.69, 9.17) is 4.74 Å². The third-order valence-corrected chi connectivity index (χ3v) is 2.91. The van der Waals surface area contributed by atoms with Crippen molar-refractivity contribution < 1.29 is 9.53 Å². The van der Waals surface area contributed by atoms with Crippen LogP contribution < -0.4 is 0 Å². The summed E-state index contributed by atoms with van der Waals surface area (Å²) in [5.74, 6) is 0.453. The Morgan fingerprint density at radius 2 is 1.94 bits per heavy atom. The first-order valence-electron chi connectivity index (χ1n) is 6.38. The van der Waals surface area contributed by atoms with Crippen LogP contribution in [-0.4, -0.2) is 13.1 Å². The molecule has 0 aliphatic heterocycles. The highest BCUT2D eigenvalue weighted by atomic mass is 16.5. The van der Waals surface area contributed by atoms with Gasteiger partial charge in [0.25, 0.3) is 0 Å². The van der Waals surface area contributed by atoms with Gasteiger partial charge >= 0.3 is 5.97 Å². The molecule has 0 heterocycles. The van der Waals surface area contributed by atoms with Gasteiger partial charge in [-0.25, -0.2) is 4.79 Å². The Kier molecular flexibility index (Phi) is 8.47. The molecule has 1 unspecified atom stereocenters. The summed E-state index contributed by atoms with van der Waals surface area (Å²) in [7, 11) is 1.43. The van der Waals surface area contributed by atoms with E-state index in [0.717, 1.165) is 24.8 Å². The minimum atomic E-state index is -0.191. The van der Waals surface area contributed by atoms with Gasteiger partial charge in [-0.2, -0.15) is 0 Å². The van der Waals surface area contributed by atoms with E-state index in [2.05, 4.69) is 26.8 Å². The summed E-state index contributed by atoms with van der Waals surface area (Å²) < 4.78 is 4.73.